The number of para-hydroxylation sites is 1. The summed E-state index contributed by atoms with van der Waals surface area (Å²) in [6, 6.07) is 15.1. The Morgan fingerprint density at radius 3 is 2.30 bits per heavy atom. The second-order valence-corrected chi connectivity index (χ2v) is 5.72. The van der Waals surface area contributed by atoms with E-state index in [0.29, 0.717) is 0 Å². The standard InChI is InChI=1S/C17H15BrO2/c1-17(2,19)12-11-13-7-9-14(10-8-13)20-16-6-4-3-5-15(16)18/h3-10,19H,1-2H3. The number of hydrogen-bond donors (Lipinski definition) is 1. The number of aliphatic hydroxyl groups is 1. The van der Waals surface area contributed by atoms with Crippen molar-refractivity contribution in [2.45, 2.75) is 19.4 Å². The van der Waals surface area contributed by atoms with Crippen LogP contribution in [0.15, 0.2) is 53.0 Å². The molecule has 0 aliphatic carbocycles. The molecule has 0 saturated carbocycles. The summed E-state index contributed by atoms with van der Waals surface area (Å²) in [7, 11) is 0. The molecule has 0 aliphatic heterocycles. The molecule has 0 radical (unpaired) electrons. The minimum absolute atomic E-state index is 0.741. The van der Waals surface area contributed by atoms with Gasteiger partial charge in [-0.2, -0.15) is 0 Å². The molecule has 3 heteroatoms. The fraction of sp³-hybridized carbons (Fsp3) is 0.176. The predicted molar refractivity (Wildman–Crippen MR) is 83.8 cm³/mol. The Morgan fingerprint density at radius 1 is 1.05 bits per heavy atom. The maximum absolute atomic E-state index is 9.56. The first-order valence-corrected chi connectivity index (χ1v) is 7.01. The Morgan fingerprint density at radius 2 is 1.70 bits per heavy atom. The first kappa shape index (κ1) is 14.6. The van der Waals surface area contributed by atoms with Gasteiger partial charge in [0.15, 0.2) is 0 Å². The summed E-state index contributed by atoms with van der Waals surface area (Å²) in [6.07, 6.45) is 0. The van der Waals surface area contributed by atoms with E-state index in [-0.39, 0.29) is 0 Å². The number of benzene rings is 2. The van der Waals surface area contributed by atoms with E-state index in [0.717, 1.165) is 21.5 Å². The molecule has 2 aromatic rings. The van der Waals surface area contributed by atoms with Crippen molar-refractivity contribution in [2.24, 2.45) is 0 Å². The van der Waals surface area contributed by atoms with E-state index >= 15 is 0 Å². The van der Waals surface area contributed by atoms with E-state index in [9.17, 15) is 5.11 Å². The van der Waals surface area contributed by atoms with Crippen molar-refractivity contribution in [3.05, 3.63) is 58.6 Å². The van der Waals surface area contributed by atoms with Crippen LogP contribution in [0, 0.1) is 11.8 Å². The van der Waals surface area contributed by atoms with Crippen LogP contribution in [0.25, 0.3) is 0 Å². The summed E-state index contributed by atoms with van der Waals surface area (Å²) in [5, 5.41) is 9.56. The van der Waals surface area contributed by atoms with Gasteiger partial charge in [-0.25, -0.2) is 0 Å². The van der Waals surface area contributed by atoms with Gasteiger partial charge in [0.05, 0.1) is 4.47 Å². The maximum Gasteiger partial charge on any atom is 0.141 e. The summed E-state index contributed by atoms with van der Waals surface area (Å²) in [5.74, 6) is 7.20. The van der Waals surface area contributed by atoms with Crippen molar-refractivity contribution >= 4 is 15.9 Å². The molecule has 102 valence electrons. The molecule has 2 aromatic carbocycles. The minimum Gasteiger partial charge on any atom is -0.456 e. The van der Waals surface area contributed by atoms with Crippen LogP contribution >= 0.6 is 15.9 Å². The Balaban J connectivity index is 2.13. The van der Waals surface area contributed by atoms with Crippen molar-refractivity contribution in [2.75, 3.05) is 0 Å². The van der Waals surface area contributed by atoms with Crippen molar-refractivity contribution in [1.82, 2.24) is 0 Å². The quantitative estimate of drug-likeness (QED) is 0.829. The lowest BCUT2D eigenvalue weighted by Gasteiger charge is -2.08. The second kappa shape index (κ2) is 6.13. The number of halogens is 1. The summed E-state index contributed by atoms with van der Waals surface area (Å²) in [4.78, 5) is 0. The fourth-order valence-corrected chi connectivity index (χ4v) is 1.85. The van der Waals surface area contributed by atoms with Crippen LogP contribution in [-0.2, 0) is 0 Å². The van der Waals surface area contributed by atoms with Crippen LogP contribution in [0.3, 0.4) is 0 Å². The van der Waals surface area contributed by atoms with Crippen LogP contribution in [0.4, 0.5) is 0 Å². The zero-order valence-corrected chi connectivity index (χ0v) is 12.9. The third-order valence-electron chi connectivity index (χ3n) is 2.43. The molecule has 0 heterocycles. The Labute approximate surface area is 127 Å². The molecular formula is C17H15BrO2. The summed E-state index contributed by atoms with van der Waals surface area (Å²) < 4.78 is 6.67. The maximum atomic E-state index is 9.56. The molecule has 0 atom stereocenters. The van der Waals surface area contributed by atoms with Gasteiger partial charge in [-0.1, -0.05) is 24.0 Å². The van der Waals surface area contributed by atoms with Gasteiger partial charge >= 0.3 is 0 Å². The SMILES string of the molecule is CC(C)(O)C#Cc1ccc(Oc2ccccc2Br)cc1. The second-order valence-electron chi connectivity index (χ2n) is 4.87. The highest BCUT2D eigenvalue weighted by Gasteiger charge is 2.06. The van der Waals surface area contributed by atoms with Gasteiger partial charge in [0.25, 0.3) is 0 Å². The number of rotatable bonds is 2. The van der Waals surface area contributed by atoms with Crippen LogP contribution in [-0.4, -0.2) is 10.7 Å². The van der Waals surface area contributed by atoms with Gasteiger partial charge in [0, 0.05) is 5.56 Å². The fourth-order valence-electron chi connectivity index (χ4n) is 1.49. The molecule has 0 saturated heterocycles. The minimum atomic E-state index is -0.982. The highest BCUT2D eigenvalue weighted by Crippen LogP contribution is 2.29. The lowest BCUT2D eigenvalue weighted by atomic mass is 10.1. The molecule has 0 aliphatic rings. The molecule has 0 fully saturated rings. The van der Waals surface area contributed by atoms with E-state index in [1.807, 2.05) is 48.5 Å². The van der Waals surface area contributed by atoms with Crippen molar-refractivity contribution in [3.63, 3.8) is 0 Å². The first-order chi connectivity index (χ1) is 9.44. The van der Waals surface area contributed by atoms with E-state index < -0.39 is 5.60 Å². The van der Waals surface area contributed by atoms with Crippen LogP contribution in [0.2, 0.25) is 0 Å². The van der Waals surface area contributed by atoms with Crippen LogP contribution in [0.1, 0.15) is 19.4 Å². The molecule has 2 nitrogen and oxygen atoms in total. The van der Waals surface area contributed by atoms with Crippen LogP contribution in [0.5, 0.6) is 11.5 Å². The van der Waals surface area contributed by atoms with Gasteiger partial charge in [0.1, 0.15) is 17.1 Å². The Bertz CT molecular complexity index is 643. The average molecular weight is 331 g/mol. The lowest BCUT2D eigenvalue weighted by Crippen LogP contribution is -2.14. The van der Waals surface area contributed by atoms with Crippen molar-refractivity contribution in [1.29, 1.82) is 0 Å². The molecule has 0 bridgehead atoms. The molecule has 0 aromatic heterocycles. The molecule has 0 amide bonds. The van der Waals surface area contributed by atoms with Crippen molar-refractivity contribution in [3.8, 4) is 23.3 Å². The number of hydrogen-bond acceptors (Lipinski definition) is 2. The average Bonchev–Trinajstić information content (AvgIpc) is 2.40. The summed E-state index contributed by atoms with van der Waals surface area (Å²) in [6.45, 7) is 3.31. The van der Waals surface area contributed by atoms with Gasteiger partial charge in [-0.15, -0.1) is 0 Å². The van der Waals surface area contributed by atoms with E-state index in [4.69, 9.17) is 4.74 Å². The van der Waals surface area contributed by atoms with E-state index in [1.165, 1.54) is 0 Å². The smallest absolute Gasteiger partial charge is 0.141 e. The Hall–Kier alpha value is -1.76. The normalized spacial score (nSPS) is 10.6. The van der Waals surface area contributed by atoms with Crippen LogP contribution < -0.4 is 4.74 Å². The van der Waals surface area contributed by atoms with E-state index in [1.54, 1.807) is 13.8 Å². The van der Waals surface area contributed by atoms with Crippen molar-refractivity contribution < 1.29 is 9.84 Å². The number of ether oxygens (including phenoxy) is 1. The zero-order chi connectivity index (χ0) is 14.6. The van der Waals surface area contributed by atoms with Gasteiger partial charge in [-0.05, 0) is 66.2 Å². The summed E-state index contributed by atoms with van der Waals surface area (Å²) in [5.41, 5.74) is -0.143. The van der Waals surface area contributed by atoms with E-state index in [2.05, 4.69) is 27.8 Å². The topological polar surface area (TPSA) is 29.5 Å². The molecule has 0 spiro atoms. The monoisotopic (exact) mass is 330 g/mol. The first-order valence-electron chi connectivity index (χ1n) is 6.22. The highest BCUT2D eigenvalue weighted by molar-refractivity contribution is 9.10. The predicted octanol–water partition coefficient (Wildman–Crippen LogP) is 4.36. The van der Waals surface area contributed by atoms with Gasteiger partial charge in [-0.3, -0.25) is 0 Å². The molecular weight excluding hydrogens is 316 g/mol. The lowest BCUT2D eigenvalue weighted by molar-refractivity contribution is 0.143. The summed E-state index contributed by atoms with van der Waals surface area (Å²) >= 11 is 3.44. The van der Waals surface area contributed by atoms with Gasteiger partial charge in [0.2, 0.25) is 0 Å². The molecule has 0 unspecified atom stereocenters. The third kappa shape index (κ3) is 4.41. The third-order valence-corrected chi connectivity index (χ3v) is 3.09. The van der Waals surface area contributed by atoms with Gasteiger partial charge < -0.3 is 9.84 Å². The molecule has 2 rings (SSSR count). The molecule has 20 heavy (non-hydrogen) atoms. The Kier molecular flexibility index (Phi) is 4.49. The zero-order valence-electron chi connectivity index (χ0n) is 11.4. The molecule has 1 N–H and O–H groups in total. The highest BCUT2D eigenvalue weighted by atomic mass is 79.9. The largest absolute Gasteiger partial charge is 0.456 e.